The van der Waals surface area contributed by atoms with Crippen LogP contribution in [0.5, 0.6) is 0 Å². The predicted molar refractivity (Wildman–Crippen MR) is 59.9 cm³/mol. The first-order chi connectivity index (χ1) is 7.84. The minimum absolute atomic E-state index is 0.232. The van der Waals surface area contributed by atoms with E-state index in [1.165, 1.54) is 12.1 Å². The van der Waals surface area contributed by atoms with Gasteiger partial charge in [-0.1, -0.05) is 0 Å². The smallest absolute Gasteiger partial charge is 0.123 e. The van der Waals surface area contributed by atoms with Gasteiger partial charge < -0.3 is 4.57 Å². The molecule has 0 saturated carbocycles. The van der Waals surface area contributed by atoms with Crippen molar-refractivity contribution >= 4 is 11.0 Å². The van der Waals surface area contributed by atoms with Crippen molar-refractivity contribution in [2.24, 2.45) is 0 Å². The molecule has 0 amide bonds. The molecule has 0 atom stereocenters. The van der Waals surface area contributed by atoms with Crippen LogP contribution in [0.3, 0.4) is 0 Å². The number of halogens is 1. The molecule has 0 N–H and O–H groups in total. The lowest BCUT2D eigenvalue weighted by molar-refractivity contribution is 0.627. The molecule has 2 heterocycles. The molecule has 1 aromatic carbocycles. The number of benzene rings is 1. The highest BCUT2D eigenvalue weighted by atomic mass is 19.1. The quantitative estimate of drug-likeness (QED) is 0.605. The molecular weight excluding hydrogens is 203 g/mol. The number of nitrogens with zero attached hydrogens (tertiary/aromatic N) is 2. The van der Waals surface area contributed by atoms with Crippen LogP contribution in [0.25, 0.3) is 16.7 Å². The van der Waals surface area contributed by atoms with Gasteiger partial charge in [0.2, 0.25) is 0 Å². The summed E-state index contributed by atoms with van der Waals surface area (Å²) in [6, 6.07) is 13.1. The SMILES string of the molecule is Fc1ccc(-n2ccc3nc[c]cc32)cc1. The first kappa shape index (κ1) is 9.09. The second-order valence-corrected chi connectivity index (χ2v) is 3.50. The Kier molecular flexibility index (Phi) is 1.96. The van der Waals surface area contributed by atoms with Gasteiger partial charge in [0, 0.05) is 24.1 Å². The zero-order valence-corrected chi connectivity index (χ0v) is 8.39. The minimum atomic E-state index is -0.232. The molecule has 0 bridgehead atoms. The lowest BCUT2D eigenvalue weighted by atomic mass is 10.3. The molecule has 1 radical (unpaired) electrons. The molecule has 0 spiro atoms. The summed E-state index contributed by atoms with van der Waals surface area (Å²) in [6.07, 6.45) is 3.55. The lowest BCUT2D eigenvalue weighted by Gasteiger charge is -2.04. The fraction of sp³-hybridized carbons (Fsp3) is 0. The molecule has 0 saturated heterocycles. The summed E-state index contributed by atoms with van der Waals surface area (Å²) in [5.74, 6) is -0.232. The van der Waals surface area contributed by atoms with Gasteiger partial charge in [-0.15, -0.1) is 0 Å². The minimum Gasteiger partial charge on any atom is -0.315 e. The summed E-state index contributed by atoms with van der Waals surface area (Å²) < 4.78 is 14.8. The Morgan fingerprint density at radius 1 is 1.12 bits per heavy atom. The summed E-state index contributed by atoms with van der Waals surface area (Å²) in [4.78, 5) is 4.19. The fourth-order valence-electron chi connectivity index (χ4n) is 1.74. The van der Waals surface area contributed by atoms with Crippen LogP contribution in [0, 0.1) is 11.9 Å². The lowest BCUT2D eigenvalue weighted by Crippen LogP contribution is -1.91. The van der Waals surface area contributed by atoms with Crippen LogP contribution in [0.15, 0.2) is 48.8 Å². The molecule has 3 aromatic rings. The Balaban J connectivity index is 2.22. The van der Waals surface area contributed by atoms with Crippen molar-refractivity contribution in [3.05, 3.63) is 60.7 Å². The Bertz CT molecular complexity index is 626. The summed E-state index contributed by atoms with van der Waals surface area (Å²) >= 11 is 0. The van der Waals surface area contributed by atoms with Crippen molar-refractivity contribution in [2.75, 3.05) is 0 Å². The van der Waals surface area contributed by atoms with Crippen molar-refractivity contribution in [3.8, 4) is 5.69 Å². The Labute approximate surface area is 92.0 Å². The van der Waals surface area contributed by atoms with Crippen LogP contribution in [0.4, 0.5) is 4.39 Å². The van der Waals surface area contributed by atoms with Crippen LogP contribution in [-0.4, -0.2) is 9.55 Å². The van der Waals surface area contributed by atoms with Crippen molar-refractivity contribution < 1.29 is 4.39 Å². The Morgan fingerprint density at radius 2 is 1.94 bits per heavy atom. The molecular formula is C13H8FN2. The van der Waals surface area contributed by atoms with Crippen LogP contribution in [0.1, 0.15) is 0 Å². The van der Waals surface area contributed by atoms with Gasteiger partial charge in [-0.25, -0.2) is 4.39 Å². The van der Waals surface area contributed by atoms with Crippen molar-refractivity contribution in [1.29, 1.82) is 0 Å². The van der Waals surface area contributed by atoms with Crippen LogP contribution in [0.2, 0.25) is 0 Å². The maximum absolute atomic E-state index is 12.8. The average Bonchev–Trinajstić information content (AvgIpc) is 2.74. The largest absolute Gasteiger partial charge is 0.315 e. The fourth-order valence-corrected chi connectivity index (χ4v) is 1.74. The van der Waals surface area contributed by atoms with Gasteiger partial charge in [0.15, 0.2) is 0 Å². The van der Waals surface area contributed by atoms with Crippen LogP contribution >= 0.6 is 0 Å². The van der Waals surface area contributed by atoms with E-state index in [1.807, 2.05) is 22.9 Å². The second kappa shape index (κ2) is 3.45. The van der Waals surface area contributed by atoms with Gasteiger partial charge in [0.05, 0.1) is 11.0 Å². The maximum Gasteiger partial charge on any atom is 0.123 e. The number of hydrogen-bond acceptors (Lipinski definition) is 1. The van der Waals surface area contributed by atoms with E-state index in [4.69, 9.17) is 0 Å². The molecule has 2 nitrogen and oxygen atoms in total. The predicted octanol–water partition coefficient (Wildman–Crippen LogP) is 2.96. The normalized spacial score (nSPS) is 10.8. The molecule has 3 heteroatoms. The average molecular weight is 211 g/mol. The first-order valence-electron chi connectivity index (χ1n) is 4.94. The van der Waals surface area contributed by atoms with Crippen LogP contribution in [-0.2, 0) is 0 Å². The number of pyridine rings is 1. The van der Waals surface area contributed by atoms with Crippen molar-refractivity contribution in [3.63, 3.8) is 0 Å². The van der Waals surface area contributed by atoms with Gasteiger partial charge in [0.25, 0.3) is 0 Å². The topological polar surface area (TPSA) is 17.8 Å². The van der Waals surface area contributed by atoms with E-state index in [0.29, 0.717) is 0 Å². The van der Waals surface area contributed by atoms with Crippen molar-refractivity contribution in [1.82, 2.24) is 9.55 Å². The van der Waals surface area contributed by atoms with Gasteiger partial charge in [-0.3, -0.25) is 4.98 Å². The van der Waals surface area contributed by atoms with E-state index in [9.17, 15) is 4.39 Å². The zero-order valence-electron chi connectivity index (χ0n) is 8.39. The van der Waals surface area contributed by atoms with Crippen LogP contribution < -0.4 is 0 Å². The highest BCUT2D eigenvalue weighted by Gasteiger charge is 2.02. The highest BCUT2D eigenvalue weighted by Crippen LogP contribution is 2.18. The summed E-state index contributed by atoms with van der Waals surface area (Å²) in [6.45, 7) is 0. The highest BCUT2D eigenvalue weighted by molar-refractivity contribution is 5.77. The third-order valence-corrected chi connectivity index (χ3v) is 2.51. The molecule has 0 aliphatic heterocycles. The van der Waals surface area contributed by atoms with E-state index < -0.39 is 0 Å². The molecule has 0 aliphatic rings. The molecule has 0 unspecified atom stereocenters. The number of aromatic nitrogens is 2. The van der Waals surface area contributed by atoms with E-state index >= 15 is 0 Å². The monoisotopic (exact) mass is 211 g/mol. The zero-order chi connectivity index (χ0) is 11.0. The van der Waals surface area contributed by atoms with Gasteiger partial charge >= 0.3 is 0 Å². The molecule has 0 aliphatic carbocycles. The molecule has 3 rings (SSSR count). The van der Waals surface area contributed by atoms with Gasteiger partial charge in [0.1, 0.15) is 5.82 Å². The number of rotatable bonds is 1. The first-order valence-corrected chi connectivity index (χ1v) is 4.94. The number of hydrogen-bond donors (Lipinski definition) is 0. The van der Waals surface area contributed by atoms with Gasteiger partial charge in [-0.05, 0) is 36.4 Å². The Hall–Kier alpha value is -2.16. The third-order valence-electron chi connectivity index (χ3n) is 2.51. The van der Waals surface area contributed by atoms with E-state index in [0.717, 1.165) is 16.7 Å². The van der Waals surface area contributed by atoms with Crippen molar-refractivity contribution in [2.45, 2.75) is 0 Å². The summed E-state index contributed by atoms with van der Waals surface area (Å²) in [7, 11) is 0. The molecule has 2 aromatic heterocycles. The third kappa shape index (κ3) is 1.37. The number of fused-ring (bicyclic) bond motifs is 1. The second-order valence-electron chi connectivity index (χ2n) is 3.50. The maximum atomic E-state index is 12.8. The summed E-state index contributed by atoms with van der Waals surface area (Å²) in [5.41, 5.74) is 2.79. The van der Waals surface area contributed by atoms with E-state index in [1.54, 1.807) is 18.3 Å². The van der Waals surface area contributed by atoms with Gasteiger partial charge in [-0.2, -0.15) is 0 Å². The molecule has 16 heavy (non-hydrogen) atoms. The van der Waals surface area contributed by atoms with E-state index in [-0.39, 0.29) is 5.82 Å². The molecule has 77 valence electrons. The Morgan fingerprint density at radius 3 is 2.75 bits per heavy atom. The standard InChI is InChI=1S/C13H8FN2/c14-10-3-5-11(6-4-10)16-9-7-12-13(16)2-1-8-15-12/h2-9H. The molecule has 0 fully saturated rings. The van der Waals surface area contributed by atoms with E-state index in [2.05, 4.69) is 11.1 Å². The summed E-state index contributed by atoms with van der Waals surface area (Å²) in [5, 5.41) is 0.